The van der Waals surface area contributed by atoms with E-state index in [2.05, 4.69) is 4.99 Å². The summed E-state index contributed by atoms with van der Waals surface area (Å²) in [4.78, 5) is 2.81. The quantitative estimate of drug-likeness (QED) is 0.453. The molecular weight excluding hydrogens is 479 g/mol. The molecule has 0 spiro atoms. The first-order valence-electron chi connectivity index (χ1n) is 9.52. The minimum Gasteiger partial charge on any atom is -0.257 e. The van der Waals surface area contributed by atoms with E-state index in [1.807, 2.05) is 6.07 Å². The molecule has 6 nitrogen and oxygen atoms in total. The summed E-state index contributed by atoms with van der Waals surface area (Å²) < 4.78 is 67.5. The fourth-order valence-corrected chi connectivity index (χ4v) is 6.63. The highest BCUT2D eigenvalue weighted by Crippen LogP contribution is 2.28. The number of halogens is 2. The summed E-state index contributed by atoms with van der Waals surface area (Å²) >= 11 is 11.6. The summed E-state index contributed by atoms with van der Waals surface area (Å²) in [6, 6.07) is 13.5. The number of para-hydroxylation sites is 1. The Bertz CT molecular complexity index is 1440. The van der Waals surface area contributed by atoms with Gasteiger partial charge >= 0.3 is 0 Å². The van der Waals surface area contributed by atoms with Gasteiger partial charge in [0.15, 0.2) is 0 Å². The van der Waals surface area contributed by atoms with Crippen molar-refractivity contribution in [2.24, 2.45) is 4.99 Å². The molecule has 0 aliphatic heterocycles. The minimum atomic E-state index is -4.75. The summed E-state index contributed by atoms with van der Waals surface area (Å²) in [6.07, 6.45) is 0.683. The predicted molar refractivity (Wildman–Crippen MR) is 120 cm³/mol. The Morgan fingerprint density at radius 1 is 0.871 bits per heavy atom. The van der Waals surface area contributed by atoms with Gasteiger partial charge in [0.25, 0.3) is 0 Å². The molecule has 0 atom stereocenters. The van der Waals surface area contributed by atoms with E-state index in [9.17, 15) is 22.1 Å². The molecule has 31 heavy (non-hydrogen) atoms. The van der Waals surface area contributed by atoms with Gasteiger partial charge in [-0.3, -0.25) is 4.99 Å². The van der Waals surface area contributed by atoms with Crippen LogP contribution in [0.15, 0.2) is 87.5 Å². The molecule has 3 rings (SSSR count). The summed E-state index contributed by atoms with van der Waals surface area (Å²) in [5.41, 5.74) is 0.155. The summed E-state index contributed by atoms with van der Waals surface area (Å²) in [6.45, 7) is 0. The number of nitrogens with zero attached hydrogens (tertiary/aromatic N) is 2. The number of hydrogen-bond acceptors (Lipinski definition) is 6. The van der Waals surface area contributed by atoms with Gasteiger partial charge in [0.1, 0.15) is 6.07 Å². The Kier molecular flexibility index (Phi) is 6.00. The zero-order valence-corrected chi connectivity index (χ0v) is 18.7. The summed E-state index contributed by atoms with van der Waals surface area (Å²) in [7, 11) is -9.51. The van der Waals surface area contributed by atoms with E-state index < -0.39 is 46.1 Å². The molecule has 0 saturated carbocycles. The van der Waals surface area contributed by atoms with Crippen LogP contribution < -0.4 is 0 Å². The van der Waals surface area contributed by atoms with Gasteiger partial charge in [0, 0.05) is 16.3 Å². The zero-order valence-electron chi connectivity index (χ0n) is 17.5. The molecule has 3 aromatic rings. The van der Waals surface area contributed by atoms with E-state index >= 15 is 0 Å². The van der Waals surface area contributed by atoms with Crippen molar-refractivity contribution in [2.45, 2.75) is 14.4 Å². The molecule has 158 valence electrons. The highest BCUT2D eigenvalue weighted by Gasteiger charge is 2.39. The topological polar surface area (TPSA) is 104 Å². The van der Waals surface area contributed by atoms with E-state index in [4.69, 9.17) is 25.9 Å². The van der Waals surface area contributed by atoms with Crippen molar-refractivity contribution in [1.29, 1.82) is 5.26 Å². The van der Waals surface area contributed by atoms with Crippen LogP contribution >= 0.6 is 23.2 Å². The lowest BCUT2D eigenvalue weighted by Crippen LogP contribution is -2.32. The predicted octanol–water partition coefficient (Wildman–Crippen LogP) is 4.84. The third-order valence-electron chi connectivity index (χ3n) is 4.08. The number of hydrogen-bond donors (Lipinski definition) is 0. The SMILES string of the molecule is [3H]c1cc(Cl)ccc1S(=O)(=O)C(C=Nc1ccccc1C#N)S(=O)(=O)c1ccc(Cl)cc1[3H]. The van der Waals surface area contributed by atoms with E-state index in [1.54, 1.807) is 12.1 Å². The van der Waals surface area contributed by atoms with Crippen LogP contribution in [0.4, 0.5) is 5.69 Å². The van der Waals surface area contributed by atoms with Crippen molar-refractivity contribution in [3.8, 4) is 6.07 Å². The normalized spacial score (nSPS) is 13.1. The molecule has 0 radical (unpaired) electrons. The monoisotopic (exact) mass is 496 g/mol. The fraction of sp³-hybridized carbons (Fsp3) is 0.0476. The van der Waals surface area contributed by atoms with E-state index in [-0.39, 0.29) is 21.3 Å². The van der Waals surface area contributed by atoms with Crippen LogP contribution in [0.5, 0.6) is 0 Å². The van der Waals surface area contributed by atoms with Crippen molar-refractivity contribution < 1.29 is 19.6 Å². The van der Waals surface area contributed by atoms with Gasteiger partial charge in [-0.1, -0.05) is 35.3 Å². The molecule has 0 fully saturated rings. The second-order valence-corrected chi connectivity index (χ2v) is 11.4. The van der Waals surface area contributed by atoms with Gasteiger partial charge in [-0.25, -0.2) is 16.8 Å². The Morgan fingerprint density at radius 3 is 1.87 bits per heavy atom. The van der Waals surface area contributed by atoms with Crippen molar-refractivity contribution in [1.82, 2.24) is 0 Å². The van der Waals surface area contributed by atoms with Crippen molar-refractivity contribution in [3.05, 3.63) is 88.4 Å². The molecule has 10 heteroatoms. The molecule has 0 heterocycles. The first-order valence-corrected chi connectivity index (χ1v) is 12.4. The lowest BCUT2D eigenvalue weighted by molar-refractivity contribution is 0.584. The minimum absolute atomic E-state index is 0.0554. The average molecular weight is 497 g/mol. The van der Waals surface area contributed by atoms with Crippen LogP contribution in [0.25, 0.3) is 0 Å². The van der Waals surface area contributed by atoms with Crippen LogP contribution in [0.2, 0.25) is 10.0 Å². The molecule has 0 aliphatic carbocycles. The van der Waals surface area contributed by atoms with Crippen LogP contribution in [0.3, 0.4) is 0 Å². The highest BCUT2D eigenvalue weighted by molar-refractivity contribution is 8.10. The lowest BCUT2D eigenvalue weighted by Gasteiger charge is -2.15. The van der Waals surface area contributed by atoms with Crippen molar-refractivity contribution in [2.75, 3.05) is 0 Å². The molecule has 0 saturated heterocycles. The summed E-state index contributed by atoms with van der Waals surface area (Å²) in [5, 5.41) is 9.45. The third kappa shape index (κ3) is 4.97. The second-order valence-electron chi connectivity index (χ2n) is 6.11. The highest BCUT2D eigenvalue weighted by atomic mass is 35.5. The van der Waals surface area contributed by atoms with Crippen molar-refractivity contribution >= 4 is 54.8 Å². The van der Waals surface area contributed by atoms with Crippen LogP contribution in [-0.4, -0.2) is 27.6 Å². The van der Waals surface area contributed by atoms with Gasteiger partial charge in [-0.05, 0) is 60.6 Å². The first-order chi connectivity index (χ1) is 15.5. The van der Waals surface area contributed by atoms with Crippen LogP contribution in [0, 0.1) is 11.3 Å². The van der Waals surface area contributed by atoms with E-state index in [0.717, 1.165) is 24.3 Å². The maximum Gasteiger partial charge on any atom is 0.206 e. The lowest BCUT2D eigenvalue weighted by atomic mass is 10.2. The molecule has 0 aliphatic rings. The van der Waals surface area contributed by atoms with Gasteiger partial charge in [0.2, 0.25) is 24.3 Å². The molecular formula is C21H14Cl2N2O4S2. The van der Waals surface area contributed by atoms with E-state index in [0.29, 0.717) is 6.21 Å². The molecule has 0 amide bonds. The number of rotatable bonds is 6. The first kappa shape index (κ1) is 20.2. The fourth-order valence-electron chi connectivity index (χ4n) is 2.54. The maximum absolute atomic E-state index is 13.5. The molecule has 0 aromatic heterocycles. The third-order valence-corrected chi connectivity index (χ3v) is 9.27. The van der Waals surface area contributed by atoms with Gasteiger partial charge in [-0.15, -0.1) is 0 Å². The average Bonchev–Trinajstić information content (AvgIpc) is 2.73. The Balaban J connectivity index is 2.26. The number of nitriles is 1. The molecule has 0 bridgehead atoms. The maximum atomic E-state index is 13.5. The number of aliphatic imine (C=N–C) groups is 1. The largest absolute Gasteiger partial charge is 0.257 e. The zero-order chi connectivity index (χ0) is 24.4. The Labute approximate surface area is 193 Å². The van der Waals surface area contributed by atoms with Crippen LogP contribution in [0.1, 0.15) is 8.30 Å². The van der Waals surface area contributed by atoms with Gasteiger partial charge in [0.05, 0.1) is 23.8 Å². The summed E-state index contributed by atoms with van der Waals surface area (Å²) in [5.74, 6) is 0. The smallest absolute Gasteiger partial charge is 0.206 e. The molecule has 3 aromatic carbocycles. The second kappa shape index (κ2) is 9.20. The Hall–Kier alpha value is -2.70. The standard InChI is InChI=1S/C21H14Cl2N2O4S2/c22-16-5-9-18(10-6-16)30(26,27)21(14-25-20-4-2-1-3-15(20)13-24)31(28,29)19-11-7-17(23)8-12-19/h1-12,14,21H/i9T,11T. The number of sulfone groups is 2. The Morgan fingerprint density at radius 2 is 1.39 bits per heavy atom. The van der Waals surface area contributed by atoms with Crippen LogP contribution in [-0.2, 0) is 19.7 Å². The van der Waals surface area contributed by atoms with Crippen molar-refractivity contribution in [3.63, 3.8) is 0 Å². The number of benzene rings is 3. The van der Waals surface area contributed by atoms with Gasteiger partial charge in [-0.2, -0.15) is 5.26 Å². The van der Waals surface area contributed by atoms with Gasteiger partial charge < -0.3 is 0 Å². The molecule has 0 unspecified atom stereocenters. The van der Waals surface area contributed by atoms with E-state index in [1.165, 1.54) is 24.3 Å². The molecule has 0 N–H and O–H groups in total.